The molecule has 32 heavy (non-hydrogen) atoms. The molecule has 180 valence electrons. The number of carbonyl (C=O) groups is 1. The number of rotatable bonds is 12. The van der Waals surface area contributed by atoms with Crippen LogP contribution in [0.1, 0.15) is 145 Å². The van der Waals surface area contributed by atoms with Gasteiger partial charge in [-0.05, 0) is 86.8 Å². The summed E-state index contributed by atoms with van der Waals surface area (Å²) < 4.78 is 5.85. The van der Waals surface area contributed by atoms with Crippen LogP contribution in [0.15, 0.2) is 24.3 Å². The van der Waals surface area contributed by atoms with Gasteiger partial charge in [-0.1, -0.05) is 83.8 Å². The normalized spacial score (nSPS) is 26.1. The molecule has 2 aliphatic rings. The number of hydrogen-bond acceptors (Lipinski definition) is 2. The monoisotopic (exact) mass is 440 g/mol. The third kappa shape index (κ3) is 8.23. The molecule has 0 bridgehead atoms. The number of esters is 1. The van der Waals surface area contributed by atoms with E-state index in [0.717, 1.165) is 30.2 Å². The summed E-state index contributed by atoms with van der Waals surface area (Å²) >= 11 is 0. The van der Waals surface area contributed by atoms with Gasteiger partial charge in [-0.15, -0.1) is 0 Å². The van der Waals surface area contributed by atoms with E-state index in [1.807, 2.05) is 12.1 Å². The highest BCUT2D eigenvalue weighted by atomic mass is 16.5. The maximum Gasteiger partial charge on any atom is 0.338 e. The van der Waals surface area contributed by atoms with Crippen molar-refractivity contribution in [1.29, 1.82) is 0 Å². The molecule has 0 aromatic heterocycles. The fourth-order valence-electron chi connectivity index (χ4n) is 5.96. The van der Waals surface area contributed by atoms with Crippen LogP contribution in [0.4, 0.5) is 0 Å². The predicted octanol–water partition coefficient (Wildman–Crippen LogP) is 9.23. The van der Waals surface area contributed by atoms with E-state index in [4.69, 9.17) is 4.74 Å². The second-order valence-corrected chi connectivity index (χ2v) is 10.7. The van der Waals surface area contributed by atoms with Crippen molar-refractivity contribution >= 4 is 5.97 Å². The number of unbranched alkanes of at least 4 members (excludes halogenated alkanes) is 5. The average Bonchev–Trinajstić information content (AvgIpc) is 2.84. The van der Waals surface area contributed by atoms with Crippen molar-refractivity contribution < 1.29 is 9.53 Å². The highest BCUT2D eigenvalue weighted by molar-refractivity contribution is 5.89. The summed E-state index contributed by atoms with van der Waals surface area (Å²) in [5.74, 6) is 2.34. The van der Waals surface area contributed by atoms with Crippen LogP contribution in [0.25, 0.3) is 0 Å². The maximum absolute atomic E-state index is 12.6. The van der Waals surface area contributed by atoms with E-state index in [-0.39, 0.29) is 12.1 Å². The molecule has 0 amide bonds. The van der Waals surface area contributed by atoms with Crippen LogP contribution in [-0.2, 0) is 4.74 Å². The lowest BCUT2D eigenvalue weighted by Gasteiger charge is -2.29. The standard InChI is InChI=1S/C30H48O2/c1-3-5-7-8-9-11-25-12-16-26(17-13-25)27-18-20-28(21-19-27)30(31)32-29-22-14-24(15-23-29)10-6-4-2/h18-21,24-26,29H,3-17,22-23H2,1-2H3. The molecule has 0 aliphatic heterocycles. The van der Waals surface area contributed by atoms with Gasteiger partial charge in [-0.25, -0.2) is 4.79 Å². The fraction of sp³-hybridized carbons (Fsp3) is 0.767. The van der Waals surface area contributed by atoms with Gasteiger partial charge in [0.05, 0.1) is 5.56 Å². The first-order valence-corrected chi connectivity index (χ1v) is 14.0. The Labute approximate surface area is 197 Å². The van der Waals surface area contributed by atoms with Crippen molar-refractivity contribution in [2.45, 2.75) is 135 Å². The summed E-state index contributed by atoms with van der Waals surface area (Å²) in [5.41, 5.74) is 2.14. The van der Waals surface area contributed by atoms with Crippen molar-refractivity contribution in [3.8, 4) is 0 Å². The fourth-order valence-corrected chi connectivity index (χ4v) is 5.96. The van der Waals surface area contributed by atoms with Crippen molar-refractivity contribution in [2.75, 3.05) is 0 Å². The Kier molecular flexibility index (Phi) is 11.1. The van der Waals surface area contributed by atoms with Gasteiger partial charge in [-0.3, -0.25) is 0 Å². The number of ether oxygens (including phenoxy) is 1. The molecule has 2 aliphatic carbocycles. The van der Waals surface area contributed by atoms with E-state index in [1.54, 1.807) is 0 Å². The maximum atomic E-state index is 12.6. The first-order valence-electron chi connectivity index (χ1n) is 14.0. The van der Waals surface area contributed by atoms with Crippen molar-refractivity contribution in [1.82, 2.24) is 0 Å². The molecular weight excluding hydrogens is 392 g/mol. The molecule has 0 radical (unpaired) electrons. The molecule has 1 aromatic carbocycles. The quantitative estimate of drug-likeness (QED) is 0.239. The third-order valence-electron chi connectivity index (χ3n) is 8.21. The molecule has 2 heteroatoms. The summed E-state index contributed by atoms with van der Waals surface area (Å²) in [6, 6.07) is 8.39. The Bertz CT molecular complexity index is 633. The zero-order chi connectivity index (χ0) is 22.6. The van der Waals surface area contributed by atoms with Gasteiger partial charge in [-0.2, -0.15) is 0 Å². The van der Waals surface area contributed by atoms with Gasteiger partial charge in [0, 0.05) is 0 Å². The summed E-state index contributed by atoms with van der Waals surface area (Å²) in [6.07, 6.45) is 22.4. The van der Waals surface area contributed by atoms with Crippen LogP contribution in [-0.4, -0.2) is 12.1 Å². The van der Waals surface area contributed by atoms with Gasteiger partial charge in [0.15, 0.2) is 0 Å². The first kappa shape index (κ1) is 25.3. The molecule has 0 spiro atoms. The van der Waals surface area contributed by atoms with E-state index in [2.05, 4.69) is 26.0 Å². The second kappa shape index (κ2) is 14.1. The minimum atomic E-state index is -0.125. The van der Waals surface area contributed by atoms with Crippen molar-refractivity contribution in [3.63, 3.8) is 0 Å². The largest absolute Gasteiger partial charge is 0.459 e. The van der Waals surface area contributed by atoms with Gasteiger partial charge in [0.1, 0.15) is 6.10 Å². The zero-order valence-corrected chi connectivity index (χ0v) is 21.0. The van der Waals surface area contributed by atoms with E-state index < -0.39 is 0 Å². The van der Waals surface area contributed by atoms with Crippen LogP contribution >= 0.6 is 0 Å². The molecule has 3 rings (SSSR count). The SMILES string of the molecule is CCCCCCCC1CCC(c2ccc(C(=O)OC3CCC(CCCC)CC3)cc2)CC1. The Morgan fingerprint density at radius 1 is 0.719 bits per heavy atom. The highest BCUT2D eigenvalue weighted by Gasteiger charge is 2.25. The van der Waals surface area contributed by atoms with E-state index in [9.17, 15) is 4.79 Å². The predicted molar refractivity (Wildman–Crippen MR) is 135 cm³/mol. The highest BCUT2D eigenvalue weighted by Crippen LogP contribution is 2.38. The van der Waals surface area contributed by atoms with Gasteiger partial charge in [0.25, 0.3) is 0 Å². The number of carbonyl (C=O) groups excluding carboxylic acids is 1. The molecular formula is C30H48O2. The Hall–Kier alpha value is -1.31. The van der Waals surface area contributed by atoms with Crippen molar-refractivity contribution in [2.24, 2.45) is 11.8 Å². The lowest BCUT2D eigenvalue weighted by atomic mass is 9.77. The van der Waals surface area contributed by atoms with Gasteiger partial charge >= 0.3 is 5.97 Å². The molecule has 1 aromatic rings. The first-order chi connectivity index (χ1) is 15.7. The molecule has 0 saturated heterocycles. The summed E-state index contributed by atoms with van der Waals surface area (Å²) in [4.78, 5) is 12.6. The van der Waals surface area contributed by atoms with Crippen LogP contribution in [0, 0.1) is 11.8 Å². The Morgan fingerprint density at radius 2 is 1.28 bits per heavy atom. The minimum absolute atomic E-state index is 0.123. The average molecular weight is 441 g/mol. The second-order valence-electron chi connectivity index (χ2n) is 10.7. The Morgan fingerprint density at radius 3 is 1.91 bits per heavy atom. The van der Waals surface area contributed by atoms with Crippen LogP contribution < -0.4 is 0 Å². The molecule has 0 unspecified atom stereocenters. The van der Waals surface area contributed by atoms with Gasteiger partial charge in [0.2, 0.25) is 0 Å². The lowest BCUT2D eigenvalue weighted by molar-refractivity contribution is 0.0161. The zero-order valence-electron chi connectivity index (χ0n) is 21.0. The molecule has 2 fully saturated rings. The number of benzene rings is 1. The molecule has 0 heterocycles. The molecule has 2 nitrogen and oxygen atoms in total. The molecule has 2 saturated carbocycles. The van der Waals surface area contributed by atoms with Gasteiger partial charge < -0.3 is 4.74 Å². The van der Waals surface area contributed by atoms with E-state index in [1.165, 1.54) is 102 Å². The smallest absolute Gasteiger partial charge is 0.338 e. The van der Waals surface area contributed by atoms with Crippen LogP contribution in [0.2, 0.25) is 0 Å². The Balaban J connectivity index is 1.36. The van der Waals surface area contributed by atoms with Crippen LogP contribution in [0.5, 0.6) is 0 Å². The van der Waals surface area contributed by atoms with Crippen molar-refractivity contribution in [3.05, 3.63) is 35.4 Å². The van der Waals surface area contributed by atoms with E-state index >= 15 is 0 Å². The lowest BCUT2D eigenvalue weighted by Crippen LogP contribution is -2.24. The van der Waals surface area contributed by atoms with Crippen LogP contribution in [0.3, 0.4) is 0 Å². The summed E-state index contributed by atoms with van der Waals surface area (Å²) in [6.45, 7) is 4.55. The third-order valence-corrected chi connectivity index (χ3v) is 8.21. The summed E-state index contributed by atoms with van der Waals surface area (Å²) in [5, 5.41) is 0. The minimum Gasteiger partial charge on any atom is -0.459 e. The topological polar surface area (TPSA) is 26.3 Å². The molecule has 0 N–H and O–H groups in total. The molecule has 0 atom stereocenters. The number of hydrogen-bond donors (Lipinski definition) is 0. The van der Waals surface area contributed by atoms with E-state index in [0.29, 0.717) is 5.92 Å². The summed E-state index contributed by atoms with van der Waals surface area (Å²) in [7, 11) is 0.